The molecule has 2 heterocycles. The van der Waals surface area contributed by atoms with Gasteiger partial charge in [0, 0.05) is 12.3 Å². The number of hydrogen-bond donors (Lipinski definition) is 4. The molecule has 0 aromatic carbocycles. The summed E-state index contributed by atoms with van der Waals surface area (Å²) >= 11 is 0. The average Bonchev–Trinajstić information content (AvgIpc) is 3.11. The summed E-state index contributed by atoms with van der Waals surface area (Å²) in [5.41, 5.74) is -2.36. The first kappa shape index (κ1) is 22.6. The molecule has 4 N–H and O–H groups in total. The van der Waals surface area contributed by atoms with Crippen molar-refractivity contribution in [1.29, 1.82) is 0 Å². The fraction of sp³-hybridized carbons (Fsp3) is 0.722. The molecule has 3 aliphatic rings. The molecule has 1 saturated heterocycles. The van der Waals surface area contributed by atoms with Gasteiger partial charge in [-0.2, -0.15) is 0 Å². The molecule has 30 heavy (non-hydrogen) atoms. The molecular formula is C18H24O12. The van der Waals surface area contributed by atoms with Crippen molar-refractivity contribution in [3.63, 3.8) is 0 Å². The van der Waals surface area contributed by atoms with E-state index in [4.69, 9.17) is 18.9 Å². The molecule has 0 amide bonds. The highest BCUT2D eigenvalue weighted by Gasteiger charge is 2.66. The average molecular weight is 432 g/mol. The number of ketones is 1. The van der Waals surface area contributed by atoms with Gasteiger partial charge >= 0.3 is 11.9 Å². The van der Waals surface area contributed by atoms with Gasteiger partial charge in [-0.25, -0.2) is 4.79 Å². The van der Waals surface area contributed by atoms with Crippen LogP contribution in [0.1, 0.15) is 12.8 Å². The third-order valence-corrected chi connectivity index (χ3v) is 5.78. The number of esters is 2. The molecular weight excluding hydrogens is 408 g/mol. The maximum absolute atomic E-state index is 12.8. The highest BCUT2D eigenvalue weighted by atomic mass is 16.8. The van der Waals surface area contributed by atoms with Crippen LogP contribution in [0.5, 0.6) is 0 Å². The summed E-state index contributed by atoms with van der Waals surface area (Å²) in [6.07, 6.45) is -8.27. The van der Waals surface area contributed by atoms with Crippen LogP contribution in [0.25, 0.3) is 0 Å². The zero-order chi connectivity index (χ0) is 22.2. The Morgan fingerprint density at radius 3 is 2.43 bits per heavy atom. The van der Waals surface area contributed by atoms with Crippen molar-refractivity contribution in [3.8, 4) is 0 Å². The number of rotatable bonds is 5. The van der Waals surface area contributed by atoms with E-state index in [0.29, 0.717) is 0 Å². The van der Waals surface area contributed by atoms with Gasteiger partial charge in [-0.05, 0) is 6.42 Å². The second-order valence-electron chi connectivity index (χ2n) is 7.23. The number of Topliss-reactive ketones (excluding diaryl/α,β-unsaturated/α-hetero) is 1. The summed E-state index contributed by atoms with van der Waals surface area (Å²) in [6.45, 7) is -0.670. The summed E-state index contributed by atoms with van der Waals surface area (Å²) in [6, 6.07) is 0. The van der Waals surface area contributed by atoms with Gasteiger partial charge in [0.05, 0.1) is 32.7 Å². The van der Waals surface area contributed by atoms with Crippen LogP contribution in [0.3, 0.4) is 0 Å². The Morgan fingerprint density at radius 1 is 1.13 bits per heavy atom. The molecule has 2 aliphatic heterocycles. The van der Waals surface area contributed by atoms with Crippen LogP contribution in [0, 0.1) is 11.3 Å². The van der Waals surface area contributed by atoms with Crippen LogP contribution in [0.2, 0.25) is 0 Å². The van der Waals surface area contributed by atoms with Crippen LogP contribution >= 0.6 is 0 Å². The zero-order valence-corrected chi connectivity index (χ0v) is 16.3. The molecule has 0 unspecified atom stereocenters. The minimum atomic E-state index is -2.03. The Kier molecular flexibility index (Phi) is 6.45. The fourth-order valence-corrected chi connectivity index (χ4v) is 4.21. The van der Waals surface area contributed by atoms with E-state index in [0.717, 1.165) is 20.5 Å². The summed E-state index contributed by atoms with van der Waals surface area (Å²) < 4.78 is 25.8. The maximum atomic E-state index is 12.8. The van der Waals surface area contributed by atoms with Gasteiger partial charge in [0.2, 0.25) is 6.29 Å². The van der Waals surface area contributed by atoms with E-state index in [1.54, 1.807) is 0 Å². The molecule has 12 nitrogen and oxygen atoms in total. The van der Waals surface area contributed by atoms with Crippen LogP contribution < -0.4 is 0 Å². The minimum Gasteiger partial charge on any atom is -0.471 e. The number of methoxy groups -OCH3 is 2. The number of fused-ring (bicyclic) bond motifs is 1. The van der Waals surface area contributed by atoms with Crippen molar-refractivity contribution in [3.05, 3.63) is 11.8 Å². The quantitative estimate of drug-likeness (QED) is 0.262. The summed E-state index contributed by atoms with van der Waals surface area (Å²) in [5, 5.41) is 39.3. The second-order valence-corrected chi connectivity index (χ2v) is 7.23. The van der Waals surface area contributed by atoms with Crippen molar-refractivity contribution in [1.82, 2.24) is 0 Å². The van der Waals surface area contributed by atoms with Crippen LogP contribution in [0.15, 0.2) is 11.8 Å². The Bertz CT molecular complexity index is 733. The molecule has 2 fully saturated rings. The first-order valence-corrected chi connectivity index (χ1v) is 9.26. The van der Waals surface area contributed by atoms with Gasteiger partial charge in [0.15, 0.2) is 17.5 Å². The van der Waals surface area contributed by atoms with Crippen molar-refractivity contribution < 1.29 is 58.5 Å². The highest BCUT2D eigenvalue weighted by Crippen LogP contribution is 2.52. The summed E-state index contributed by atoms with van der Waals surface area (Å²) in [7, 11) is 2.15. The Morgan fingerprint density at radius 2 is 1.83 bits per heavy atom. The predicted molar refractivity (Wildman–Crippen MR) is 92.0 cm³/mol. The number of ether oxygens (including phenoxy) is 5. The molecule has 168 valence electrons. The Balaban J connectivity index is 1.95. The standard InChI is InChI=1S/C18H24O12/c1-26-14(24)8-6-28-15(7-3-4-10(20)18(7,8)17(25)27-2)30-16-13(23)12(22)11(21)9(5-19)29-16/h6-7,9,11-13,15-16,19,21-23H,3-5H2,1-2H3/t7-,9+,11+,12-,13+,15-,16-,18+/m0/s1. The van der Waals surface area contributed by atoms with Gasteiger partial charge in [-0.15, -0.1) is 0 Å². The van der Waals surface area contributed by atoms with Gasteiger partial charge < -0.3 is 44.1 Å². The normalized spacial score (nSPS) is 40.8. The van der Waals surface area contributed by atoms with Crippen molar-refractivity contribution >= 4 is 17.7 Å². The fourth-order valence-electron chi connectivity index (χ4n) is 4.21. The molecule has 0 radical (unpaired) electrons. The molecule has 0 aromatic rings. The van der Waals surface area contributed by atoms with Crippen molar-refractivity contribution in [2.24, 2.45) is 11.3 Å². The number of carbonyl (C=O) groups is 3. The van der Waals surface area contributed by atoms with Crippen molar-refractivity contribution in [2.75, 3.05) is 20.8 Å². The molecule has 0 spiro atoms. The molecule has 12 heteroatoms. The smallest absolute Gasteiger partial charge is 0.338 e. The first-order chi connectivity index (χ1) is 14.2. The lowest BCUT2D eigenvalue weighted by molar-refractivity contribution is -0.342. The predicted octanol–water partition coefficient (Wildman–Crippen LogP) is -2.65. The topological polar surface area (TPSA) is 178 Å². The molecule has 1 aliphatic carbocycles. The largest absolute Gasteiger partial charge is 0.471 e. The molecule has 0 bridgehead atoms. The van der Waals surface area contributed by atoms with Gasteiger partial charge in [0.25, 0.3) is 0 Å². The molecule has 3 rings (SSSR count). The monoisotopic (exact) mass is 432 g/mol. The van der Waals surface area contributed by atoms with E-state index in [1.807, 2.05) is 0 Å². The minimum absolute atomic E-state index is 0.0774. The maximum Gasteiger partial charge on any atom is 0.338 e. The van der Waals surface area contributed by atoms with Gasteiger partial charge in [0.1, 0.15) is 24.4 Å². The number of hydrogen-bond acceptors (Lipinski definition) is 12. The molecule has 0 aromatic heterocycles. The Labute approximate surface area is 170 Å². The van der Waals surface area contributed by atoms with Crippen molar-refractivity contribution in [2.45, 2.75) is 49.8 Å². The highest BCUT2D eigenvalue weighted by molar-refractivity contribution is 6.15. The van der Waals surface area contributed by atoms with Crippen LogP contribution in [0.4, 0.5) is 0 Å². The number of carbonyl (C=O) groups excluding carboxylic acids is 3. The molecule has 1 saturated carbocycles. The lowest BCUT2D eigenvalue weighted by Gasteiger charge is -2.44. The van der Waals surface area contributed by atoms with E-state index in [1.165, 1.54) is 0 Å². The summed E-state index contributed by atoms with van der Waals surface area (Å²) in [4.78, 5) is 37.8. The zero-order valence-electron chi connectivity index (χ0n) is 16.3. The number of aliphatic hydroxyl groups is 4. The second kappa shape index (κ2) is 8.57. The van der Waals surface area contributed by atoms with E-state index in [2.05, 4.69) is 4.74 Å². The lowest BCUT2D eigenvalue weighted by Crippen LogP contribution is -2.61. The van der Waals surface area contributed by atoms with E-state index < -0.39 is 72.7 Å². The Hall–Kier alpha value is -2.09. The van der Waals surface area contributed by atoms with E-state index in [9.17, 15) is 34.8 Å². The SMILES string of the molecule is COC(=O)C1=CO[C@@H](O[C@@H]2O[C@H](CO)[C@@H](O)[C@H](O)[C@H]2O)[C@@H]2CCC(=O)[C@]12C(=O)OC. The van der Waals surface area contributed by atoms with Crippen LogP contribution in [-0.2, 0) is 38.1 Å². The third kappa shape index (κ3) is 3.29. The van der Waals surface area contributed by atoms with Gasteiger partial charge in [-0.1, -0.05) is 0 Å². The third-order valence-electron chi connectivity index (χ3n) is 5.78. The van der Waals surface area contributed by atoms with E-state index >= 15 is 0 Å². The number of aliphatic hydroxyl groups excluding tert-OH is 4. The van der Waals surface area contributed by atoms with Crippen LogP contribution in [-0.4, -0.2) is 96.0 Å². The molecule has 8 atom stereocenters. The van der Waals surface area contributed by atoms with E-state index in [-0.39, 0.29) is 18.4 Å². The summed E-state index contributed by atoms with van der Waals surface area (Å²) in [5.74, 6) is -3.55. The lowest BCUT2D eigenvalue weighted by atomic mass is 9.69. The first-order valence-electron chi connectivity index (χ1n) is 9.26. The van der Waals surface area contributed by atoms with Gasteiger partial charge in [-0.3, -0.25) is 9.59 Å².